The molecule has 1 saturated carbocycles. The number of fused-ring (bicyclic) bond motifs is 1. The molecule has 110 valence electrons. The monoisotopic (exact) mass is 295 g/mol. The van der Waals surface area contributed by atoms with Crippen LogP contribution in [0.1, 0.15) is 38.7 Å². The van der Waals surface area contributed by atoms with Crippen LogP contribution in [0.4, 0.5) is 0 Å². The van der Waals surface area contributed by atoms with Crippen LogP contribution in [0.5, 0.6) is 11.5 Å². The second-order valence-electron chi connectivity index (χ2n) is 5.90. The van der Waals surface area contributed by atoms with E-state index in [2.05, 4.69) is 19.2 Å². The Morgan fingerprint density at radius 1 is 1.30 bits per heavy atom. The molecule has 0 radical (unpaired) electrons. The van der Waals surface area contributed by atoms with Crippen molar-refractivity contribution in [1.82, 2.24) is 5.32 Å². The minimum Gasteiger partial charge on any atom is -0.454 e. The second-order valence-corrected chi connectivity index (χ2v) is 6.31. The fourth-order valence-electron chi connectivity index (χ4n) is 3.48. The highest BCUT2D eigenvalue weighted by molar-refractivity contribution is 6.32. The van der Waals surface area contributed by atoms with Crippen LogP contribution in [-0.4, -0.2) is 12.8 Å². The van der Waals surface area contributed by atoms with Gasteiger partial charge in [0, 0.05) is 12.6 Å². The summed E-state index contributed by atoms with van der Waals surface area (Å²) in [5, 5.41) is 4.32. The van der Waals surface area contributed by atoms with E-state index in [-0.39, 0.29) is 6.79 Å². The molecule has 20 heavy (non-hydrogen) atoms. The minimum atomic E-state index is 0.268. The van der Waals surface area contributed by atoms with Gasteiger partial charge in [-0.3, -0.25) is 0 Å². The van der Waals surface area contributed by atoms with Crippen LogP contribution in [-0.2, 0) is 6.54 Å². The van der Waals surface area contributed by atoms with Crippen molar-refractivity contribution in [2.24, 2.45) is 11.8 Å². The van der Waals surface area contributed by atoms with E-state index in [4.69, 9.17) is 21.1 Å². The van der Waals surface area contributed by atoms with Gasteiger partial charge in [-0.2, -0.15) is 0 Å². The van der Waals surface area contributed by atoms with Gasteiger partial charge in [0.05, 0.1) is 5.02 Å². The zero-order valence-corrected chi connectivity index (χ0v) is 12.9. The van der Waals surface area contributed by atoms with Crippen molar-refractivity contribution in [2.75, 3.05) is 6.79 Å². The Balaban J connectivity index is 1.63. The SMILES string of the molecule is CCC1CCC(NCc2cc(Cl)c3c(c2)OCO3)C1C. The number of hydrogen-bond acceptors (Lipinski definition) is 3. The van der Waals surface area contributed by atoms with E-state index in [1.165, 1.54) is 19.3 Å². The van der Waals surface area contributed by atoms with Crippen LogP contribution < -0.4 is 14.8 Å². The van der Waals surface area contributed by atoms with E-state index in [1.807, 2.05) is 12.1 Å². The molecule has 1 aromatic carbocycles. The fourth-order valence-corrected chi connectivity index (χ4v) is 3.77. The van der Waals surface area contributed by atoms with E-state index in [0.717, 1.165) is 29.7 Å². The van der Waals surface area contributed by atoms with Gasteiger partial charge in [0.25, 0.3) is 0 Å². The van der Waals surface area contributed by atoms with Crippen LogP contribution in [0.15, 0.2) is 12.1 Å². The van der Waals surface area contributed by atoms with E-state index < -0.39 is 0 Å². The van der Waals surface area contributed by atoms with Crippen molar-refractivity contribution in [3.8, 4) is 11.5 Å². The van der Waals surface area contributed by atoms with Gasteiger partial charge in [0.2, 0.25) is 6.79 Å². The van der Waals surface area contributed by atoms with Crippen LogP contribution in [0.25, 0.3) is 0 Å². The van der Waals surface area contributed by atoms with Crippen LogP contribution in [0.3, 0.4) is 0 Å². The van der Waals surface area contributed by atoms with Gasteiger partial charge >= 0.3 is 0 Å². The van der Waals surface area contributed by atoms with E-state index in [9.17, 15) is 0 Å². The first kappa shape index (κ1) is 14.0. The zero-order valence-electron chi connectivity index (χ0n) is 12.1. The first-order valence-electron chi connectivity index (χ1n) is 7.50. The molecule has 0 aromatic heterocycles. The molecule has 1 heterocycles. The van der Waals surface area contributed by atoms with E-state index >= 15 is 0 Å². The topological polar surface area (TPSA) is 30.5 Å². The normalized spacial score (nSPS) is 28.1. The van der Waals surface area contributed by atoms with E-state index in [1.54, 1.807) is 0 Å². The molecule has 1 aromatic rings. The average molecular weight is 296 g/mol. The average Bonchev–Trinajstić information content (AvgIpc) is 3.03. The second kappa shape index (κ2) is 5.82. The Morgan fingerprint density at radius 2 is 2.15 bits per heavy atom. The first-order valence-corrected chi connectivity index (χ1v) is 7.88. The maximum absolute atomic E-state index is 6.21. The third-order valence-electron chi connectivity index (χ3n) is 4.81. The minimum absolute atomic E-state index is 0.268. The van der Waals surface area contributed by atoms with Gasteiger partial charge in [-0.1, -0.05) is 31.9 Å². The largest absolute Gasteiger partial charge is 0.454 e. The summed E-state index contributed by atoms with van der Waals surface area (Å²) in [7, 11) is 0. The summed E-state index contributed by atoms with van der Waals surface area (Å²) in [5.74, 6) is 3.06. The standard InChI is InChI=1S/C16H22ClNO2/c1-3-12-4-5-14(10(12)2)18-8-11-6-13(17)16-15(7-11)19-9-20-16/h6-7,10,12,14,18H,3-5,8-9H2,1-2H3. The first-order chi connectivity index (χ1) is 9.69. The Bertz CT molecular complexity index is 492. The fraction of sp³-hybridized carbons (Fsp3) is 0.625. The number of hydrogen-bond donors (Lipinski definition) is 1. The van der Waals surface area contributed by atoms with E-state index in [0.29, 0.717) is 16.8 Å². The number of benzene rings is 1. The maximum atomic E-state index is 6.21. The van der Waals surface area contributed by atoms with Crippen LogP contribution in [0.2, 0.25) is 5.02 Å². The molecule has 1 fully saturated rings. The van der Waals surface area contributed by atoms with Gasteiger partial charge in [0.15, 0.2) is 11.5 Å². The molecule has 1 aliphatic carbocycles. The van der Waals surface area contributed by atoms with Gasteiger partial charge in [-0.25, -0.2) is 0 Å². The molecule has 3 nitrogen and oxygen atoms in total. The van der Waals surface area contributed by atoms with Crippen molar-refractivity contribution in [2.45, 2.75) is 45.7 Å². The maximum Gasteiger partial charge on any atom is 0.231 e. The third-order valence-corrected chi connectivity index (χ3v) is 5.09. The number of ether oxygens (including phenoxy) is 2. The molecule has 0 bridgehead atoms. The van der Waals surface area contributed by atoms with Gasteiger partial charge in [-0.15, -0.1) is 0 Å². The molecule has 0 saturated heterocycles. The highest BCUT2D eigenvalue weighted by Crippen LogP contribution is 2.40. The summed E-state index contributed by atoms with van der Waals surface area (Å²) in [4.78, 5) is 0. The molecule has 1 aliphatic heterocycles. The predicted molar refractivity (Wildman–Crippen MR) is 80.4 cm³/mol. The highest BCUT2D eigenvalue weighted by atomic mass is 35.5. The number of rotatable bonds is 4. The van der Waals surface area contributed by atoms with Gasteiger partial charge < -0.3 is 14.8 Å². The van der Waals surface area contributed by atoms with Gasteiger partial charge in [0.1, 0.15) is 0 Å². The Labute approximate surface area is 125 Å². The lowest BCUT2D eigenvalue weighted by atomic mass is 9.93. The molecule has 0 amide bonds. The van der Waals surface area contributed by atoms with Crippen LogP contribution in [0, 0.1) is 11.8 Å². The Morgan fingerprint density at radius 3 is 2.90 bits per heavy atom. The Hall–Kier alpha value is -0.930. The van der Waals surface area contributed by atoms with Gasteiger partial charge in [-0.05, 0) is 42.4 Å². The van der Waals surface area contributed by atoms with Crippen molar-refractivity contribution in [1.29, 1.82) is 0 Å². The molecule has 1 N–H and O–H groups in total. The summed E-state index contributed by atoms with van der Waals surface area (Å²) in [5.41, 5.74) is 1.16. The van der Waals surface area contributed by atoms with Crippen molar-refractivity contribution >= 4 is 11.6 Å². The summed E-state index contributed by atoms with van der Waals surface area (Å²) >= 11 is 6.21. The molecule has 0 spiro atoms. The molecule has 4 heteroatoms. The lowest BCUT2D eigenvalue weighted by Crippen LogP contribution is -2.32. The predicted octanol–water partition coefficient (Wildman–Crippen LogP) is 3.98. The molecule has 2 aliphatic rings. The molecule has 3 unspecified atom stereocenters. The zero-order chi connectivity index (χ0) is 14.1. The van der Waals surface area contributed by atoms with Crippen LogP contribution >= 0.6 is 11.6 Å². The quantitative estimate of drug-likeness (QED) is 0.911. The molecular weight excluding hydrogens is 274 g/mol. The lowest BCUT2D eigenvalue weighted by Gasteiger charge is -2.21. The number of nitrogens with one attached hydrogen (secondary N) is 1. The van der Waals surface area contributed by atoms with Crippen molar-refractivity contribution in [3.05, 3.63) is 22.7 Å². The highest BCUT2D eigenvalue weighted by Gasteiger charge is 2.31. The summed E-state index contributed by atoms with van der Waals surface area (Å²) < 4.78 is 10.7. The smallest absolute Gasteiger partial charge is 0.231 e. The molecule has 3 rings (SSSR count). The van der Waals surface area contributed by atoms with Crippen molar-refractivity contribution < 1.29 is 9.47 Å². The lowest BCUT2D eigenvalue weighted by molar-refractivity contribution is 0.174. The third kappa shape index (κ3) is 2.61. The molecular formula is C16H22ClNO2. The summed E-state index contributed by atoms with van der Waals surface area (Å²) in [6.07, 6.45) is 3.91. The Kier molecular flexibility index (Phi) is 4.08. The molecule has 3 atom stereocenters. The number of halogens is 1. The van der Waals surface area contributed by atoms with Crippen molar-refractivity contribution in [3.63, 3.8) is 0 Å². The summed E-state index contributed by atoms with van der Waals surface area (Å²) in [6.45, 7) is 5.76. The summed E-state index contributed by atoms with van der Waals surface area (Å²) in [6, 6.07) is 4.61.